The van der Waals surface area contributed by atoms with Crippen LogP contribution in [-0.4, -0.2) is 47.4 Å². The number of amides is 2. The van der Waals surface area contributed by atoms with Gasteiger partial charge in [-0.1, -0.05) is 13.8 Å². The van der Waals surface area contributed by atoms with Crippen LogP contribution in [0, 0.1) is 11.8 Å². The maximum absolute atomic E-state index is 12.5. The molecule has 6 nitrogen and oxygen atoms in total. The van der Waals surface area contributed by atoms with Crippen LogP contribution in [0.15, 0.2) is 5.38 Å². The normalized spacial score (nSPS) is 18.6. The van der Waals surface area contributed by atoms with Crippen molar-refractivity contribution in [3.63, 3.8) is 0 Å². The van der Waals surface area contributed by atoms with Gasteiger partial charge >= 0.3 is 0 Å². The number of hydrogen-bond donors (Lipinski definition) is 2. The first-order valence-electron chi connectivity index (χ1n) is 9.27. The first kappa shape index (κ1) is 18.3. The van der Waals surface area contributed by atoms with Crippen molar-refractivity contribution in [3.8, 4) is 0 Å². The van der Waals surface area contributed by atoms with Crippen LogP contribution < -0.4 is 10.6 Å². The van der Waals surface area contributed by atoms with E-state index in [-0.39, 0.29) is 17.7 Å². The molecule has 1 aromatic rings. The Bertz CT molecular complexity index is 604. The third-order valence-corrected chi connectivity index (χ3v) is 5.68. The Kier molecular flexibility index (Phi) is 6.06. The van der Waals surface area contributed by atoms with Crippen LogP contribution in [0.4, 0.5) is 5.13 Å². The van der Waals surface area contributed by atoms with E-state index in [1.54, 1.807) is 0 Å². The fourth-order valence-corrected chi connectivity index (χ4v) is 3.66. The zero-order chi connectivity index (χ0) is 17.8. The Morgan fingerprint density at radius 2 is 2.00 bits per heavy atom. The van der Waals surface area contributed by atoms with Crippen LogP contribution >= 0.6 is 11.3 Å². The van der Waals surface area contributed by atoms with Crippen molar-refractivity contribution in [1.82, 2.24) is 15.2 Å². The first-order chi connectivity index (χ1) is 12.0. The number of anilines is 1. The molecule has 1 aromatic heterocycles. The molecule has 2 fully saturated rings. The summed E-state index contributed by atoms with van der Waals surface area (Å²) in [6, 6.07) is 0.557. The lowest BCUT2D eigenvalue weighted by Crippen LogP contribution is -2.45. The van der Waals surface area contributed by atoms with E-state index in [1.165, 1.54) is 24.2 Å². The number of piperidine rings is 1. The maximum Gasteiger partial charge on any atom is 0.228 e. The summed E-state index contributed by atoms with van der Waals surface area (Å²) in [6.45, 7) is 6.47. The number of nitrogens with one attached hydrogen (secondary N) is 2. The van der Waals surface area contributed by atoms with E-state index in [0.29, 0.717) is 17.6 Å². The van der Waals surface area contributed by atoms with Crippen molar-refractivity contribution < 1.29 is 9.59 Å². The van der Waals surface area contributed by atoms with E-state index in [2.05, 4.69) is 15.6 Å². The van der Waals surface area contributed by atoms with Crippen molar-refractivity contribution >= 4 is 28.3 Å². The Hall–Kier alpha value is -1.47. The van der Waals surface area contributed by atoms with Crippen molar-refractivity contribution in [2.45, 2.75) is 52.0 Å². The van der Waals surface area contributed by atoms with Gasteiger partial charge in [-0.05, 0) is 38.1 Å². The van der Waals surface area contributed by atoms with Crippen molar-refractivity contribution in [2.75, 3.05) is 25.0 Å². The number of carbonyl (C=O) groups is 2. The Morgan fingerprint density at radius 3 is 2.64 bits per heavy atom. The molecular weight excluding hydrogens is 336 g/mol. The van der Waals surface area contributed by atoms with Gasteiger partial charge in [-0.25, -0.2) is 4.98 Å². The summed E-state index contributed by atoms with van der Waals surface area (Å²) in [6.07, 6.45) is 5.12. The molecule has 2 amide bonds. The average Bonchev–Trinajstić information content (AvgIpc) is 3.33. The molecule has 0 aromatic carbocycles. The molecule has 138 valence electrons. The minimum absolute atomic E-state index is 0.0482. The van der Waals surface area contributed by atoms with E-state index in [4.69, 9.17) is 0 Å². The fraction of sp³-hybridized carbons (Fsp3) is 0.722. The molecule has 2 N–H and O–H groups in total. The third kappa shape index (κ3) is 5.51. The molecule has 0 unspecified atom stereocenters. The number of carbonyl (C=O) groups excluding carboxylic acids is 2. The number of aromatic nitrogens is 1. The van der Waals surface area contributed by atoms with Gasteiger partial charge < -0.3 is 15.5 Å². The highest BCUT2D eigenvalue weighted by Gasteiger charge is 2.26. The zero-order valence-electron chi connectivity index (χ0n) is 15.1. The molecule has 0 atom stereocenters. The molecular formula is C18H28N4O2S. The van der Waals surface area contributed by atoms with E-state index in [0.717, 1.165) is 44.1 Å². The Morgan fingerprint density at radius 1 is 1.28 bits per heavy atom. The highest BCUT2D eigenvalue weighted by atomic mass is 32.1. The van der Waals surface area contributed by atoms with Gasteiger partial charge in [-0.15, -0.1) is 11.3 Å². The van der Waals surface area contributed by atoms with Gasteiger partial charge in [0.1, 0.15) is 0 Å². The van der Waals surface area contributed by atoms with E-state index in [1.807, 2.05) is 24.1 Å². The zero-order valence-corrected chi connectivity index (χ0v) is 15.9. The summed E-state index contributed by atoms with van der Waals surface area (Å²) in [5.41, 5.74) is 0.739. The number of thiazole rings is 1. The van der Waals surface area contributed by atoms with Crippen LogP contribution in [0.25, 0.3) is 0 Å². The van der Waals surface area contributed by atoms with Crippen molar-refractivity contribution in [2.24, 2.45) is 11.8 Å². The number of likely N-dealkylation sites (tertiary alicyclic amines) is 1. The second-order valence-corrected chi connectivity index (χ2v) is 8.33. The molecule has 0 spiro atoms. The average molecular weight is 365 g/mol. The molecule has 3 rings (SSSR count). The number of nitrogens with zero attached hydrogens (tertiary/aromatic N) is 2. The molecule has 1 saturated carbocycles. The van der Waals surface area contributed by atoms with Gasteiger partial charge in [0.25, 0.3) is 0 Å². The second kappa shape index (κ2) is 8.27. The monoisotopic (exact) mass is 364 g/mol. The van der Waals surface area contributed by atoms with E-state index < -0.39 is 0 Å². The molecule has 25 heavy (non-hydrogen) atoms. The van der Waals surface area contributed by atoms with Gasteiger partial charge in [0.15, 0.2) is 5.13 Å². The summed E-state index contributed by atoms with van der Waals surface area (Å²) in [5.74, 6) is 0.902. The van der Waals surface area contributed by atoms with Gasteiger partial charge in [0, 0.05) is 30.4 Å². The van der Waals surface area contributed by atoms with Crippen LogP contribution in [0.1, 0.15) is 45.2 Å². The molecule has 1 saturated heterocycles. The molecule has 0 bridgehead atoms. The van der Waals surface area contributed by atoms with Crippen molar-refractivity contribution in [3.05, 3.63) is 11.1 Å². The lowest BCUT2D eigenvalue weighted by molar-refractivity contribution is -0.131. The summed E-state index contributed by atoms with van der Waals surface area (Å²) in [4.78, 5) is 30.5. The lowest BCUT2D eigenvalue weighted by atomic mass is 10.0. The minimum Gasteiger partial charge on any atom is -0.342 e. The van der Waals surface area contributed by atoms with Crippen LogP contribution in [0.5, 0.6) is 0 Å². The highest BCUT2D eigenvalue weighted by molar-refractivity contribution is 7.13. The van der Waals surface area contributed by atoms with Crippen LogP contribution in [-0.2, 0) is 16.0 Å². The lowest BCUT2D eigenvalue weighted by Gasteiger charge is -2.32. The minimum atomic E-state index is -0.0798. The smallest absolute Gasteiger partial charge is 0.228 e. The quantitative estimate of drug-likeness (QED) is 0.778. The first-order valence-corrected chi connectivity index (χ1v) is 10.2. The topological polar surface area (TPSA) is 74.3 Å². The van der Waals surface area contributed by atoms with Crippen LogP contribution in [0.2, 0.25) is 0 Å². The molecule has 2 aliphatic rings. The standard InChI is InChI=1S/C18H28N4O2S/c1-12(2)17(24)21-18-20-15(11-25-18)9-16(23)22-7-5-14(6-8-22)19-10-13-3-4-13/h11-14,19H,3-10H2,1-2H3,(H,20,21,24). The summed E-state index contributed by atoms with van der Waals surface area (Å²) in [7, 11) is 0. The Balaban J connectivity index is 1.41. The van der Waals surface area contributed by atoms with Gasteiger partial charge in [-0.3, -0.25) is 9.59 Å². The summed E-state index contributed by atoms with van der Waals surface area (Å²) < 4.78 is 0. The predicted molar refractivity (Wildman–Crippen MR) is 99.6 cm³/mol. The molecule has 1 aliphatic heterocycles. The van der Waals surface area contributed by atoms with Crippen molar-refractivity contribution in [1.29, 1.82) is 0 Å². The largest absolute Gasteiger partial charge is 0.342 e. The van der Waals surface area contributed by atoms with Gasteiger partial charge in [0.2, 0.25) is 11.8 Å². The SMILES string of the molecule is CC(C)C(=O)Nc1nc(CC(=O)N2CCC(NCC3CC3)CC2)cs1. The van der Waals surface area contributed by atoms with E-state index in [9.17, 15) is 9.59 Å². The third-order valence-electron chi connectivity index (χ3n) is 4.88. The fourth-order valence-electron chi connectivity index (χ4n) is 2.95. The number of hydrogen-bond acceptors (Lipinski definition) is 5. The Labute approximate surface area is 153 Å². The van der Waals surface area contributed by atoms with Crippen LogP contribution in [0.3, 0.4) is 0 Å². The molecule has 0 radical (unpaired) electrons. The molecule has 1 aliphatic carbocycles. The van der Waals surface area contributed by atoms with Gasteiger partial charge in [0.05, 0.1) is 12.1 Å². The number of rotatable bonds is 7. The second-order valence-electron chi connectivity index (χ2n) is 7.47. The summed E-state index contributed by atoms with van der Waals surface area (Å²) >= 11 is 1.38. The highest BCUT2D eigenvalue weighted by Crippen LogP contribution is 2.28. The van der Waals surface area contributed by atoms with Gasteiger partial charge in [-0.2, -0.15) is 0 Å². The maximum atomic E-state index is 12.5. The molecule has 2 heterocycles. The molecule has 7 heteroatoms. The summed E-state index contributed by atoms with van der Waals surface area (Å²) in [5, 5.41) is 8.85. The predicted octanol–water partition coefficient (Wildman–Crippen LogP) is 2.27. The van der Waals surface area contributed by atoms with E-state index >= 15 is 0 Å².